The van der Waals surface area contributed by atoms with E-state index in [2.05, 4.69) is 40.2 Å². The summed E-state index contributed by atoms with van der Waals surface area (Å²) in [6.45, 7) is 0. The van der Waals surface area contributed by atoms with Gasteiger partial charge in [0.2, 0.25) is 0 Å². The second kappa shape index (κ2) is 7.62. The molecule has 0 amide bonds. The number of nitrogens with zero attached hydrogens (tertiary/aromatic N) is 1. The first kappa shape index (κ1) is 17.4. The van der Waals surface area contributed by atoms with Crippen molar-refractivity contribution in [1.82, 2.24) is 0 Å². The summed E-state index contributed by atoms with van der Waals surface area (Å²) in [5.74, 6) is 1.22. The van der Waals surface area contributed by atoms with Crippen LogP contribution in [0.15, 0.2) is 58.0 Å². The summed E-state index contributed by atoms with van der Waals surface area (Å²) < 4.78 is 0.949. The number of phenolic OH excluding ortho intramolecular Hbond substituents is 1. The smallest absolute Gasteiger partial charge is 0.154 e. The number of benzene rings is 2. The fourth-order valence-electron chi connectivity index (χ4n) is 3.24. The van der Waals surface area contributed by atoms with Gasteiger partial charge >= 0.3 is 0 Å². The molecule has 2 aromatic carbocycles. The number of aliphatic imine (C=N–C) groups is 1. The molecule has 0 spiro atoms. The highest BCUT2D eigenvalue weighted by atomic mass is 79.9. The monoisotopic (exact) mass is 404 g/mol. The van der Waals surface area contributed by atoms with Crippen LogP contribution in [0.1, 0.15) is 30.4 Å². The molecule has 3 nitrogen and oxygen atoms in total. The third-order valence-corrected chi connectivity index (χ3v) is 5.74. The summed E-state index contributed by atoms with van der Waals surface area (Å²) >= 11 is 5.10. The summed E-state index contributed by atoms with van der Waals surface area (Å²) in [5, 5.41) is 11.0. The maximum absolute atomic E-state index is 10.4. The van der Waals surface area contributed by atoms with Crippen molar-refractivity contribution in [2.45, 2.75) is 31.2 Å². The Morgan fingerprint density at radius 3 is 2.75 bits per heavy atom. The quantitative estimate of drug-likeness (QED) is 0.750. The van der Waals surface area contributed by atoms with Crippen LogP contribution in [0.3, 0.4) is 0 Å². The third-order valence-electron chi connectivity index (χ3n) is 4.45. The van der Waals surface area contributed by atoms with E-state index in [9.17, 15) is 5.11 Å². The molecule has 3 N–H and O–H groups in total. The van der Waals surface area contributed by atoms with Crippen molar-refractivity contribution in [2.24, 2.45) is 10.7 Å². The van der Waals surface area contributed by atoms with Crippen LogP contribution < -0.4 is 5.73 Å². The van der Waals surface area contributed by atoms with Crippen molar-refractivity contribution >= 4 is 32.9 Å². The van der Waals surface area contributed by atoms with Gasteiger partial charge in [0.15, 0.2) is 5.17 Å². The van der Waals surface area contributed by atoms with Gasteiger partial charge in [0.1, 0.15) is 5.75 Å². The summed E-state index contributed by atoms with van der Waals surface area (Å²) in [6.07, 6.45) is 3.75. The van der Waals surface area contributed by atoms with Gasteiger partial charge in [0.05, 0.1) is 5.54 Å². The molecule has 0 bridgehead atoms. The Hall–Kier alpha value is -1.46. The van der Waals surface area contributed by atoms with Gasteiger partial charge in [-0.3, -0.25) is 4.99 Å². The highest BCUT2D eigenvalue weighted by Crippen LogP contribution is 2.44. The number of aromatic hydroxyl groups is 1. The first-order valence-corrected chi connectivity index (χ1v) is 9.88. The van der Waals surface area contributed by atoms with E-state index in [0.29, 0.717) is 10.9 Å². The molecule has 0 fully saturated rings. The normalized spacial score (nSPS) is 20.6. The van der Waals surface area contributed by atoms with E-state index in [1.807, 2.05) is 18.2 Å². The molecule has 1 atom stereocenters. The van der Waals surface area contributed by atoms with Gasteiger partial charge < -0.3 is 10.8 Å². The van der Waals surface area contributed by atoms with Gasteiger partial charge in [-0.05, 0) is 49.4 Å². The molecule has 0 saturated heterocycles. The fraction of sp³-hybridized carbons (Fsp3) is 0.316. The standard InChI is InChI=1S/C19H21BrN2OS/c20-15-8-9-17(23)16(13-15)19(11-12-24-18(21)22-19)10-4-7-14-5-2-1-3-6-14/h1-3,5-6,8-9,13,23H,4,7,10-12H2,(H2,21,22). The van der Waals surface area contributed by atoms with Gasteiger partial charge in [-0.2, -0.15) is 0 Å². The van der Waals surface area contributed by atoms with Crippen LogP contribution in [0, 0.1) is 0 Å². The maximum atomic E-state index is 10.4. The molecule has 0 saturated carbocycles. The van der Waals surface area contributed by atoms with Crippen molar-refractivity contribution < 1.29 is 5.11 Å². The minimum atomic E-state index is -0.433. The highest BCUT2D eigenvalue weighted by molar-refractivity contribution is 9.10. The molecule has 3 rings (SSSR count). The van der Waals surface area contributed by atoms with Crippen LogP contribution in [-0.2, 0) is 12.0 Å². The molecule has 0 radical (unpaired) electrons. The van der Waals surface area contributed by atoms with Gasteiger partial charge in [0.25, 0.3) is 0 Å². The SMILES string of the molecule is NC1=NC(CCCc2ccccc2)(c2cc(Br)ccc2O)CCS1. The molecular formula is C19H21BrN2OS. The van der Waals surface area contributed by atoms with Gasteiger partial charge in [-0.25, -0.2) is 0 Å². The Morgan fingerprint density at radius 1 is 1.21 bits per heavy atom. The van der Waals surface area contributed by atoms with Crippen LogP contribution >= 0.6 is 27.7 Å². The van der Waals surface area contributed by atoms with Crippen molar-refractivity contribution in [2.75, 3.05) is 5.75 Å². The van der Waals surface area contributed by atoms with Crippen LogP contribution in [-0.4, -0.2) is 16.0 Å². The average molecular weight is 405 g/mol. The molecule has 5 heteroatoms. The number of amidine groups is 1. The zero-order valence-electron chi connectivity index (χ0n) is 13.4. The molecule has 1 heterocycles. The predicted octanol–water partition coefficient (Wildman–Crippen LogP) is 4.82. The van der Waals surface area contributed by atoms with Crippen molar-refractivity contribution in [3.8, 4) is 5.75 Å². The number of halogens is 1. The molecule has 1 aliphatic rings. The third kappa shape index (κ3) is 3.95. The lowest BCUT2D eigenvalue weighted by atomic mass is 9.82. The van der Waals surface area contributed by atoms with E-state index in [4.69, 9.17) is 10.7 Å². The summed E-state index contributed by atoms with van der Waals surface area (Å²) in [4.78, 5) is 4.79. The lowest BCUT2D eigenvalue weighted by Gasteiger charge is -2.34. The Kier molecular flexibility index (Phi) is 5.51. The molecule has 126 valence electrons. The Morgan fingerprint density at radius 2 is 2.00 bits per heavy atom. The van der Waals surface area contributed by atoms with Crippen molar-refractivity contribution in [3.05, 3.63) is 64.1 Å². The molecular weight excluding hydrogens is 384 g/mol. The number of phenols is 1. The number of nitrogens with two attached hydrogens (primary N) is 1. The molecule has 1 unspecified atom stereocenters. The van der Waals surface area contributed by atoms with Gasteiger partial charge in [-0.15, -0.1) is 0 Å². The molecule has 24 heavy (non-hydrogen) atoms. The maximum Gasteiger partial charge on any atom is 0.154 e. The number of hydrogen-bond donors (Lipinski definition) is 2. The van der Waals surface area contributed by atoms with Crippen molar-refractivity contribution in [1.29, 1.82) is 0 Å². The molecule has 2 aromatic rings. The minimum absolute atomic E-state index is 0.293. The molecule has 1 aliphatic heterocycles. The second-order valence-corrected chi connectivity index (χ2v) is 8.11. The van der Waals surface area contributed by atoms with Crippen LogP contribution in [0.4, 0.5) is 0 Å². The molecule has 0 aromatic heterocycles. The van der Waals surface area contributed by atoms with Gasteiger partial charge in [0, 0.05) is 15.8 Å². The number of aryl methyl sites for hydroxylation is 1. The van der Waals surface area contributed by atoms with Crippen molar-refractivity contribution in [3.63, 3.8) is 0 Å². The lowest BCUT2D eigenvalue weighted by molar-refractivity contribution is 0.363. The topological polar surface area (TPSA) is 58.6 Å². The Labute approximate surface area is 155 Å². The van der Waals surface area contributed by atoms with E-state index in [1.165, 1.54) is 5.56 Å². The Bertz CT molecular complexity index is 735. The minimum Gasteiger partial charge on any atom is -0.508 e. The molecule has 0 aliphatic carbocycles. The van der Waals surface area contributed by atoms with Gasteiger partial charge in [-0.1, -0.05) is 58.0 Å². The first-order chi connectivity index (χ1) is 11.6. The van der Waals surface area contributed by atoms with E-state index >= 15 is 0 Å². The summed E-state index contributed by atoms with van der Waals surface area (Å²) in [5.41, 5.74) is 7.80. The van der Waals surface area contributed by atoms with E-state index in [-0.39, 0.29) is 0 Å². The predicted molar refractivity (Wildman–Crippen MR) is 106 cm³/mol. The second-order valence-electron chi connectivity index (χ2n) is 6.08. The van der Waals surface area contributed by atoms with Crippen LogP contribution in [0.2, 0.25) is 0 Å². The summed E-state index contributed by atoms with van der Waals surface area (Å²) in [6, 6.07) is 16.0. The highest BCUT2D eigenvalue weighted by Gasteiger charge is 2.36. The van der Waals surface area contributed by atoms with E-state index < -0.39 is 5.54 Å². The number of hydrogen-bond acceptors (Lipinski definition) is 4. The number of rotatable bonds is 5. The zero-order chi connectivity index (χ0) is 17.0. The average Bonchev–Trinajstić information content (AvgIpc) is 2.58. The van der Waals surface area contributed by atoms with E-state index in [0.717, 1.165) is 41.5 Å². The largest absolute Gasteiger partial charge is 0.508 e. The van der Waals surface area contributed by atoms with E-state index in [1.54, 1.807) is 17.8 Å². The van der Waals surface area contributed by atoms with Crippen LogP contribution in [0.5, 0.6) is 5.75 Å². The first-order valence-electron chi connectivity index (χ1n) is 8.10. The fourth-order valence-corrected chi connectivity index (χ4v) is 4.49. The number of thioether (sulfide) groups is 1. The Balaban J connectivity index is 1.86. The zero-order valence-corrected chi connectivity index (χ0v) is 15.8. The van der Waals surface area contributed by atoms with Crippen LogP contribution in [0.25, 0.3) is 0 Å². The lowest BCUT2D eigenvalue weighted by Crippen LogP contribution is -2.32. The summed E-state index contributed by atoms with van der Waals surface area (Å²) in [7, 11) is 0.